The Morgan fingerprint density at radius 3 is 2.56 bits per heavy atom. The second-order valence-corrected chi connectivity index (χ2v) is 7.84. The van der Waals surface area contributed by atoms with Gasteiger partial charge in [-0.15, -0.1) is 0 Å². The molecule has 0 aliphatic carbocycles. The Kier molecular flexibility index (Phi) is 5.47. The molecule has 5 rings (SSSR count). The van der Waals surface area contributed by atoms with Gasteiger partial charge in [0.25, 0.3) is 11.8 Å². The minimum absolute atomic E-state index is 0.0628. The first-order valence-corrected chi connectivity index (χ1v) is 10.6. The maximum Gasteiger partial charge on any atom is 0.335 e. The number of amides is 4. The molecule has 8 nitrogen and oxygen atoms in total. The van der Waals surface area contributed by atoms with Crippen molar-refractivity contribution in [1.29, 1.82) is 0 Å². The van der Waals surface area contributed by atoms with Crippen molar-refractivity contribution in [2.24, 2.45) is 0 Å². The fourth-order valence-electron chi connectivity index (χ4n) is 3.71. The molecule has 34 heavy (non-hydrogen) atoms. The Bertz CT molecular complexity index is 1330. The highest BCUT2D eigenvalue weighted by atomic mass is 16.7. The molecular formula is C26H20N2O6. The molecular weight excluding hydrogens is 436 g/mol. The van der Waals surface area contributed by atoms with Crippen LogP contribution in [0.3, 0.4) is 0 Å². The summed E-state index contributed by atoms with van der Waals surface area (Å²) in [5.41, 5.74) is 2.94. The monoisotopic (exact) mass is 456 g/mol. The van der Waals surface area contributed by atoms with Gasteiger partial charge in [0.1, 0.15) is 17.9 Å². The number of rotatable bonds is 5. The van der Waals surface area contributed by atoms with Crippen LogP contribution in [-0.2, 0) is 16.2 Å². The van der Waals surface area contributed by atoms with Gasteiger partial charge in [0.15, 0.2) is 11.5 Å². The van der Waals surface area contributed by atoms with Crippen LogP contribution >= 0.6 is 0 Å². The number of nitrogens with zero attached hydrogens (tertiary/aromatic N) is 1. The topological polar surface area (TPSA) is 94.2 Å². The summed E-state index contributed by atoms with van der Waals surface area (Å²) in [6, 6.07) is 18.9. The van der Waals surface area contributed by atoms with Crippen LogP contribution in [0.4, 0.5) is 10.5 Å². The van der Waals surface area contributed by atoms with E-state index in [1.54, 1.807) is 36.4 Å². The van der Waals surface area contributed by atoms with Crippen molar-refractivity contribution in [2.75, 3.05) is 11.7 Å². The number of barbiturate groups is 1. The number of hydrogen-bond acceptors (Lipinski definition) is 6. The van der Waals surface area contributed by atoms with Crippen LogP contribution in [0.1, 0.15) is 16.7 Å². The lowest BCUT2D eigenvalue weighted by atomic mass is 10.1. The van der Waals surface area contributed by atoms with Crippen molar-refractivity contribution in [3.63, 3.8) is 0 Å². The van der Waals surface area contributed by atoms with Gasteiger partial charge < -0.3 is 14.2 Å². The van der Waals surface area contributed by atoms with Crippen molar-refractivity contribution in [1.82, 2.24) is 5.32 Å². The third kappa shape index (κ3) is 4.21. The Balaban J connectivity index is 1.34. The summed E-state index contributed by atoms with van der Waals surface area (Å²) in [7, 11) is 0. The Morgan fingerprint density at radius 2 is 1.76 bits per heavy atom. The molecule has 1 saturated heterocycles. The molecule has 0 radical (unpaired) electrons. The minimum Gasteiger partial charge on any atom is -0.489 e. The van der Waals surface area contributed by atoms with E-state index in [2.05, 4.69) is 11.4 Å². The van der Waals surface area contributed by atoms with E-state index in [0.29, 0.717) is 29.4 Å². The van der Waals surface area contributed by atoms with Crippen LogP contribution in [0, 0.1) is 6.92 Å². The van der Waals surface area contributed by atoms with Crippen LogP contribution in [0.5, 0.6) is 17.2 Å². The lowest BCUT2D eigenvalue weighted by molar-refractivity contribution is -0.122. The number of ether oxygens (including phenoxy) is 3. The van der Waals surface area contributed by atoms with Crippen LogP contribution < -0.4 is 24.4 Å². The Labute approximate surface area is 195 Å². The molecule has 2 heterocycles. The summed E-state index contributed by atoms with van der Waals surface area (Å²) >= 11 is 0. The van der Waals surface area contributed by atoms with Gasteiger partial charge in [0, 0.05) is 6.07 Å². The van der Waals surface area contributed by atoms with Crippen LogP contribution in [-0.4, -0.2) is 24.6 Å². The number of urea groups is 1. The summed E-state index contributed by atoms with van der Waals surface area (Å²) in [4.78, 5) is 38.8. The first-order valence-electron chi connectivity index (χ1n) is 10.6. The number of nitrogens with one attached hydrogen (secondary N) is 1. The van der Waals surface area contributed by atoms with E-state index in [0.717, 1.165) is 16.0 Å². The molecule has 3 aromatic carbocycles. The number of benzene rings is 3. The molecule has 8 heteroatoms. The van der Waals surface area contributed by atoms with Crippen LogP contribution in [0.2, 0.25) is 0 Å². The molecule has 0 atom stereocenters. The lowest BCUT2D eigenvalue weighted by Gasteiger charge is -2.26. The second kappa shape index (κ2) is 8.74. The summed E-state index contributed by atoms with van der Waals surface area (Å²) in [6.45, 7) is 2.51. The van der Waals surface area contributed by atoms with Gasteiger partial charge in [0.2, 0.25) is 6.79 Å². The van der Waals surface area contributed by atoms with Gasteiger partial charge in [-0.3, -0.25) is 14.9 Å². The third-order valence-electron chi connectivity index (χ3n) is 5.40. The molecule has 1 N–H and O–H groups in total. The lowest BCUT2D eigenvalue weighted by Crippen LogP contribution is -2.54. The zero-order chi connectivity index (χ0) is 23.7. The number of fused-ring (bicyclic) bond motifs is 1. The summed E-state index contributed by atoms with van der Waals surface area (Å²) in [6.07, 6.45) is 1.44. The number of anilines is 1. The summed E-state index contributed by atoms with van der Waals surface area (Å²) < 4.78 is 16.4. The van der Waals surface area contributed by atoms with Crippen molar-refractivity contribution in [3.05, 3.63) is 89.0 Å². The van der Waals surface area contributed by atoms with Crippen LogP contribution in [0.15, 0.2) is 72.3 Å². The van der Waals surface area contributed by atoms with Crippen LogP contribution in [0.25, 0.3) is 6.08 Å². The number of hydrogen-bond donors (Lipinski definition) is 1. The molecule has 4 amide bonds. The quantitative estimate of drug-likeness (QED) is 0.461. The molecule has 0 unspecified atom stereocenters. The van der Waals surface area contributed by atoms with E-state index in [1.165, 1.54) is 12.1 Å². The fourth-order valence-corrected chi connectivity index (χ4v) is 3.71. The zero-order valence-corrected chi connectivity index (χ0v) is 18.2. The average molecular weight is 456 g/mol. The summed E-state index contributed by atoms with van der Waals surface area (Å²) in [5, 5.41) is 2.21. The number of aryl methyl sites for hydroxylation is 1. The van der Waals surface area contributed by atoms with E-state index < -0.39 is 17.8 Å². The van der Waals surface area contributed by atoms with Crippen molar-refractivity contribution in [2.45, 2.75) is 13.5 Å². The molecule has 0 bridgehead atoms. The van der Waals surface area contributed by atoms with Crippen molar-refractivity contribution < 1.29 is 28.6 Å². The highest BCUT2D eigenvalue weighted by Gasteiger charge is 2.37. The zero-order valence-electron chi connectivity index (χ0n) is 18.2. The molecule has 170 valence electrons. The fraction of sp³-hybridized carbons (Fsp3) is 0.115. The number of carbonyl (C=O) groups is 3. The van der Waals surface area contributed by atoms with Gasteiger partial charge in [-0.2, -0.15) is 0 Å². The predicted octanol–water partition coefficient (Wildman–Crippen LogP) is 3.97. The van der Waals surface area contributed by atoms with E-state index in [1.807, 2.05) is 25.1 Å². The molecule has 3 aromatic rings. The predicted molar refractivity (Wildman–Crippen MR) is 124 cm³/mol. The highest BCUT2D eigenvalue weighted by molar-refractivity contribution is 6.39. The van der Waals surface area contributed by atoms with Gasteiger partial charge in [-0.05, 0) is 48.4 Å². The van der Waals surface area contributed by atoms with Gasteiger partial charge in [-0.1, -0.05) is 42.0 Å². The number of imide groups is 2. The molecule has 0 saturated carbocycles. The Morgan fingerprint density at radius 1 is 0.971 bits per heavy atom. The molecule has 2 aliphatic rings. The molecule has 0 spiro atoms. The SMILES string of the molecule is Cc1cccc(COc2ccc(/C=C3\C(=O)NC(=O)N(c4ccc5c(c4)OCO5)C3=O)cc2)c1. The molecule has 1 fully saturated rings. The normalized spacial score (nSPS) is 16.1. The molecule has 0 aromatic heterocycles. The average Bonchev–Trinajstić information content (AvgIpc) is 3.29. The third-order valence-corrected chi connectivity index (χ3v) is 5.40. The van der Waals surface area contributed by atoms with Gasteiger partial charge in [0.05, 0.1) is 5.69 Å². The number of carbonyl (C=O) groups excluding carboxylic acids is 3. The summed E-state index contributed by atoms with van der Waals surface area (Å²) in [5.74, 6) is 0.103. The molecule has 2 aliphatic heterocycles. The van der Waals surface area contributed by atoms with Gasteiger partial charge >= 0.3 is 6.03 Å². The first-order chi connectivity index (χ1) is 16.5. The van der Waals surface area contributed by atoms with Crippen molar-refractivity contribution in [3.8, 4) is 17.2 Å². The maximum atomic E-state index is 13.1. The largest absolute Gasteiger partial charge is 0.489 e. The van der Waals surface area contributed by atoms with E-state index >= 15 is 0 Å². The second-order valence-electron chi connectivity index (χ2n) is 7.84. The highest BCUT2D eigenvalue weighted by Crippen LogP contribution is 2.36. The standard InChI is InChI=1S/C26H20N2O6/c1-16-3-2-4-18(11-16)14-32-20-8-5-17(6-9-20)12-21-24(29)27-26(31)28(25(21)30)19-7-10-22-23(13-19)34-15-33-22/h2-13H,14-15H2,1H3,(H,27,29,31)/b21-12+. The smallest absolute Gasteiger partial charge is 0.335 e. The minimum atomic E-state index is -0.828. The maximum absolute atomic E-state index is 13.1. The van der Waals surface area contributed by atoms with E-state index in [-0.39, 0.29) is 18.1 Å². The van der Waals surface area contributed by atoms with Crippen molar-refractivity contribution >= 4 is 29.6 Å². The van der Waals surface area contributed by atoms with E-state index in [4.69, 9.17) is 14.2 Å². The van der Waals surface area contributed by atoms with Gasteiger partial charge in [-0.25, -0.2) is 9.69 Å². The first kappa shape index (κ1) is 21.3. The Hall–Kier alpha value is -4.59. The van der Waals surface area contributed by atoms with E-state index in [9.17, 15) is 14.4 Å².